The first-order valence-corrected chi connectivity index (χ1v) is 11.3. The van der Waals surface area contributed by atoms with Crippen LogP contribution < -0.4 is 16.0 Å². The SMILES string of the molecule is Cc1cccc(N2C[C@@H](C(=O)Nc3sc4c(c3C(N)=O)CCCCC4)CC2=O)c1C. The lowest BCUT2D eigenvalue weighted by molar-refractivity contribution is -0.122. The summed E-state index contributed by atoms with van der Waals surface area (Å²) in [6.45, 7) is 4.34. The molecule has 2 aromatic rings. The van der Waals surface area contributed by atoms with Crippen LogP contribution in [0.25, 0.3) is 0 Å². The summed E-state index contributed by atoms with van der Waals surface area (Å²) < 4.78 is 0. The highest BCUT2D eigenvalue weighted by Crippen LogP contribution is 2.38. The second-order valence-electron chi connectivity index (χ2n) is 8.25. The molecular weight excluding hydrogens is 398 g/mol. The average molecular weight is 426 g/mol. The highest BCUT2D eigenvalue weighted by Gasteiger charge is 2.36. The maximum Gasteiger partial charge on any atom is 0.251 e. The van der Waals surface area contributed by atoms with E-state index < -0.39 is 11.8 Å². The number of anilines is 2. The van der Waals surface area contributed by atoms with Gasteiger partial charge < -0.3 is 16.0 Å². The first-order chi connectivity index (χ1) is 14.4. The van der Waals surface area contributed by atoms with Gasteiger partial charge in [0.25, 0.3) is 5.91 Å². The van der Waals surface area contributed by atoms with E-state index in [1.54, 1.807) is 4.90 Å². The van der Waals surface area contributed by atoms with Gasteiger partial charge in [-0.05, 0) is 62.3 Å². The van der Waals surface area contributed by atoms with Gasteiger partial charge in [0.2, 0.25) is 11.8 Å². The molecule has 0 unspecified atom stereocenters. The summed E-state index contributed by atoms with van der Waals surface area (Å²) in [5.41, 5.74) is 10.1. The third kappa shape index (κ3) is 3.74. The maximum atomic E-state index is 13.0. The van der Waals surface area contributed by atoms with Gasteiger partial charge in [0.05, 0.1) is 11.5 Å². The fraction of sp³-hybridized carbons (Fsp3) is 0.435. The molecule has 1 saturated heterocycles. The van der Waals surface area contributed by atoms with E-state index >= 15 is 0 Å². The fourth-order valence-electron chi connectivity index (χ4n) is 4.45. The van der Waals surface area contributed by atoms with Crippen LogP contribution in [-0.2, 0) is 22.4 Å². The Morgan fingerprint density at radius 3 is 2.70 bits per heavy atom. The van der Waals surface area contributed by atoms with Gasteiger partial charge in [-0.1, -0.05) is 18.6 Å². The number of primary amides is 1. The van der Waals surface area contributed by atoms with Crippen LogP contribution in [0.2, 0.25) is 0 Å². The zero-order valence-electron chi connectivity index (χ0n) is 17.4. The quantitative estimate of drug-likeness (QED) is 0.731. The fourth-order valence-corrected chi connectivity index (χ4v) is 5.75. The van der Waals surface area contributed by atoms with Gasteiger partial charge in [0.15, 0.2) is 0 Å². The molecule has 7 heteroatoms. The highest BCUT2D eigenvalue weighted by atomic mass is 32.1. The van der Waals surface area contributed by atoms with Crippen LogP contribution in [0.4, 0.5) is 10.7 Å². The van der Waals surface area contributed by atoms with Crippen molar-refractivity contribution in [2.24, 2.45) is 11.7 Å². The molecule has 2 aliphatic rings. The Morgan fingerprint density at radius 2 is 1.93 bits per heavy atom. The molecule has 0 spiro atoms. The molecule has 6 nitrogen and oxygen atoms in total. The molecule has 0 radical (unpaired) electrons. The Morgan fingerprint density at radius 1 is 1.17 bits per heavy atom. The van der Waals surface area contributed by atoms with Crippen molar-refractivity contribution in [1.29, 1.82) is 0 Å². The Kier molecular flexibility index (Phi) is 5.64. The van der Waals surface area contributed by atoms with E-state index in [0.29, 0.717) is 17.1 Å². The molecule has 1 aliphatic carbocycles. The van der Waals surface area contributed by atoms with Gasteiger partial charge in [0.1, 0.15) is 5.00 Å². The number of hydrogen-bond acceptors (Lipinski definition) is 4. The normalized spacial score (nSPS) is 18.8. The van der Waals surface area contributed by atoms with Crippen LogP contribution in [0.3, 0.4) is 0 Å². The van der Waals surface area contributed by atoms with Crippen LogP contribution >= 0.6 is 11.3 Å². The molecule has 158 valence electrons. The second-order valence-corrected chi connectivity index (χ2v) is 9.35. The van der Waals surface area contributed by atoms with Crippen LogP contribution in [0, 0.1) is 19.8 Å². The summed E-state index contributed by atoms with van der Waals surface area (Å²) in [5.74, 6) is -1.24. The minimum atomic E-state index is -0.496. The van der Waals surface area contributed by atoms with Crippen molar-refractivity contribution in [3.05, 3.63) is 45.3 Å². The molecule has 1 fully saturated rings. The molecule has 0 bridgehead atoms. The Labute approximate surface area is 180 Å². The number of aryl methyl sites for hydroxylation is 2. The van der Waals surface area contributed by atoms with Crippen LogP contribution in [-0.4, -0.2) is 24.3 Å². The third-order valence-electron chi connectivity index (χ3n) is 6.27. The number of rotatable bonds is 4. The van der Waals surface area contributed by atoms with Gasteiger partial charge in [-0.15, -0.1) is 11.3 Å². The Balaban J connectivity index is 1.55. The van der Waals surface area contributed by atoms with Gasteiger partial charge in [-0.2, -0.15) is 0 Å². The highest BCUT2D eigenvalue weighted by molar-refractivity contribution is 7.17. The molecular formula is C23H27N3O3S. The van der Waals surface area contributed by atoms with Crippen molar-refractivity contribution >= 4 is 39.7 Å². The molecule has 1 atom stereocenters. The zero-order chi connectivity index (χ0) is 21.4. The van der Waals surface area contributed by atoms with Gasteiger partial charge in [-0.3, -0.25) is 14.4 Å². The van der Waals surface area contributed by atoms with E-state index in [1.807, 2.05) is 32.0 Å². The number of nitrogens with two attached hydrogens (primary N) is 1. The standard InChI is InChI=1S/C23H27N3O3S/c1-13-7-6-9-17(14(13)2)26-12-15(11-19(26)27)22(29)25-23-20(21(24)28)16-8-4-3-5-10-18(16)30-23/h6-7,9,15H,3-5,8,10-12H2,1-2H3,(H2,24,28)(H,25,29)/t15-/m0/s1. The van der Waals surface area contributed by atoms with E-state index in [4.69, 9.17) is 5.73 Å². The van der Waals surface area contributed by atoms with E-state index in [0.717, 1.165) is 59.4 Å². The number of benzene rings is 1. The maximum absolute atomic E-state index is 13.0. The van der Waals surface area contributed by atoms with Gasteiger partial charge >= 0.3 is 0 Å². The summed E-state index contributed by atoms with van der Waals surface area (Å²) >= 11 is 1.46. The summed E-state index contributed by atoms with van der Waals surface area (Å²) in [6.07, 6.45) is 5.15. The molecule has 3 N–H and O–H groups in total. The molecule has 3 amide bonds. The second kappa shape index (κ2) is 8.22. The number of hydrogen-bond donors (Lipinski definition) is 2. The number of nitrogens with one attached hydrogen (secondary N) is 1. The molecule has 2 heterocycles. The average Bonchev–Trinajstić information content (AvgIpc) is 3.16. The lowest BCUT2D eigenvalue weighted by atomic mass is 10.0. The molecule has 1 aromatic heterocycles. The smallest absolute Gasteiger partial charge is 0.251 e. The van der Waals surface area contributed by atoms with Crippen molar-refractivity contribution in [1.82, 2.24) is 0 Å². The molecule has 30 heavy (non-hydrogen) atoms. The number of thiophene rings is 1. The van der Waals surface area contributed by atoms with Gasteiger partial charge in [-0.25, -0.2) is 0 Å². The van der Waals surface area contributed by atoms with Gasteiger partial charge in [0, 0.05) is 23.5 Å². The predicted octanol–water partition coefficient (Wildman–Crippen LogP) is 3.72. The summed E-state index contributed by atoms with van der Waals surface area (Å²) in [5, 5.41) is 3.47. The third-order valence-corrected chi connectivity index (χ3v) is 7.47. The minimum Gasteiger partial charge on any atom is -0.365 e. The number of amides is 3. The topological polar surface area (TPSA) is 92.5 Å². The van der Waals surface area contributed by atoms with E-state index in [1.165, 1.54) is 11.3 Å². The van der Waals surface area contributed by atoms with E-state index in [-0.39, 0.29) is 18.2 Å². The minimum absolute atomic E-state index is 0.0547. The Hall–Kier alpha value is -2.67. The number of carbonyl (C=O) groups is 3. The van der Waals surface area contributed by atoms with Crippen LogP contribution in [0.15, 0.2) is 18.2 Å². The monoisotopic (exact) mass is 425 g/mol. The lowest BCUT2D eigenvalue weighted by Crippen LogP contribution is -2.29. The summed E-state index contributed by atoms with van der Waals surface area (Å²) in [4.78, 5) is 40.7. The predicted molar refractivity (Wildman–Crippen MR) is 119 cm³/mol. The lowest BCUT2D eigenvalue weighted by Gasteiger charge is -2.20. The summed E-state index contributed by atoms with van der Waals surface area (Å²) in [6, 6.07) is 5.86. The molecule has 1 aromatic carbocycles. The van der Waals surface area contributed by atoms with Crippen LogP contribution in [0.5, 0.6) is 0 Å². The Bertz CT molecular complexity index is 1030. The first-order valence-electron chi connectivity index (χ1n) is 10.5. The first kappa shape index (κ1) is 20.6. The number of fused-ring (bicyclic) bond motifs is 1. The summed E-state index contributed by atoms with van der Waals surface area (Å²) in [7, 11) is 0. The zero-order valence-corrected chi connectivity index (χ0v) is 18.2. The number of nitrogens with zero attached hydrogens (tertiary/aromatic N) is 1. The van der Waals surface area contributed by atoms with Crippen molar-refractivity contribution in [3.63, 3.8) is 0 Å². The van der Waals surface area contributed by atoms with Crippen LogP contribution in [0.1, 0.15) is 57.6 Å². The molecule has 1 aliphatic heterocycles. The van der Waals surface area contributed by atoms with E-state index in [9.17, 15) is 14.4 Å². The molecule has 4 rings (SSSR count). The van der Waals surface area contributed by atoms with Crippen molar-refractivity contribution < 1.29 is 14.4 Å². The number of carbonyl (C=O) groups excluding carboxylic acids is 3. The van der Waals surface area contributed by atoms with Crippen molar-refractivity contribution in [2.75, 3.05) is 16.8 Å². The van der Waals surface area contributed by atoms with Crippen molar-refractivity contribution in [3.8, 4) is 0 Å². The van der Waals surface area contributed by atoms with E-state index in [2.05, 4.69) is 5.32 Å². The largest absolute Gasteiger partial charge is 0.365 e. The van der Waals surface area contributed by atoms with Crippen molar-refractivity contribution in [2.45, 2.75) is 52.4 Å². The molecule has 0 saturated carbocycles.